The summed E-state index contributed by atoms with van der Waals surface area (Å²) in [7, 11) is 0. The van der Waals surface area contributed by atoms with Crippen LogP contribution >= 0.6 is 11.3 Å². The van der Waals surface area contributed by atoms with E-state index >= 15 is 0 Å². The molecule has 0 bridgehead atoms. The SMILES string of the molecule is NNc1nc(OCCN2CCCC2)c2ccsc2n1. The quantitative estimate of drug-likeness (QED) is 0.637. The van der Waals surface area contributed by atoms with Crippen molar-refractivity contribution in [3.63, 3.8) is 0 Å². The summed E-state index contributed by atoms with van der Waals surface area (Å²) in [5.41, 5.74) is 2.47. The molecule has 3 heterocycles. The van der Waals surface area contributed by atoms with E-state index in [0.29, 0.717) is 18.4 Å². The van der Waals surface area contributed by atoms with Crippen molar-refractivity contribution in [1.82, 2.24) is 14.9 Å². The fraction of sp³-hybridized carbons (Fsp3) is 0.500. The van der Waals surface area contributed by atoms with Crippen LogP contribution in [0.15, 0.2) is 11.4 Å². The zero-order valence-corrected chi connectivity index (χ0v) is 11.4. The lowest BCUT2D eigenvalue weighted by Crippen LogP contribution is -2.25. The first kappa shape index (κ1) is 12.6. The van der Waals surface area contributed by atoms with Crippen molar-refractivity contribution < 1.29 is 4.74 Å². The van der Waals surface area contributed by atoms with Crippen LogP contribution in [0.3, 0.4) is 0 Å². The topological polar surface area (TPSA) is 76.3 Å². The number of anilines is 1. The molecule has 19 heavy (non-hydrogen) atoms. The van der Waals surface area contributed by atoms with Crippen molar-refractivity contribution in [1.29, 1.82) is 0 Å². The maximum Gasteiger partial charge on any atom is 0.241 e. The van der Waals surface area contributed by atoms with Crippen LogP contribution in [-0.4, -0.2) is 41.1 Å². The molecule has 0 radical (unpaired) electrons. The second-order valence-electron chi connectivity index (χ2n) is 4.53. The number of hydrazine groups is 1. The van der Waals surface area contributed by atoms with Crippen molar-refractivity contribution >= 4 is 27.5 Å². The van der Waals surface area contributed by atoms with E-state index in [2.05, 4.69) is 20.3 Å². The Hall–Kier alpha value is -1.44. The molecule has 0 unspecified atom stereocenters. The highest BCUT2D eigenvalue weighted by molar-refractivity contribution is 7.16. The number of hydrogen-bond acceptors (Lipinski definition) is 7. The van der Waals surface area contributed by atoms with Gasteiger partial charge < -0.3 is 4.74 Å². The Morgan fingerprint density at radius 1 is 1.37 bits per heavy atom. The van der Waals surface area contributed by atoms with Gasteiger partial charge in [-0.2, -0.15) is 4.98 Å². The fourth-order valence-corrected chi connectivity index (χ4v) is 3.03. The van der Waals surface area contributed by atoms with Crippen LogP contribution in [-0.2, 0) is 0 Å². The number of ether oxygens (including phenoxy) is 1. The molecule has 1 fully saturated rings. The van der Waals surface area contributed by atoms with Gasteiger partial charge >= 0.3 is 0 Å². The molecule has 0 saturated carbocycles. The van der Waals surface area contributed by atoms with Gasteiger partial charge in [0.1, 0.15) is 11.4 Å². The Kier molecular flexibility index (Phi) is 3.77. The second kappa shape index (κ2) is 5.68. The van der Waals surface area contributed by atoms with Crippen LogP contribution in [0.1, 0.15) is 12.8 Å². The zero-order chi connectivity index (χ0) is 13.1. The number of nitrogens with zero attached hydrogens (tertiary/aromatic N) is 3. The maximum absolute atomic E-state index is 5.80. The number of thiophene rings is 1. The molecule has 1 saturated heterocycles. The molecule has 0 amide bonds. The summed E-state index contributed by atoms with van der Waals surface area (Å²) in [4.78, 5) is 11.9. The number of aromatic nitrogens is 2. The molecule has 0 spiro atoms. The first-order valence-electron chi connectivity index (χ1n) is 6.44. The number of nitrogen functional groups attached to an aromatic ring is 1. The third kappa shape index (κ3) is 2.78. The highest BCUT2D eigenvalue weighted by Crippen LogP contribution is 2.27. The summed E-state index contributed by atoms with van der Waals surface area (Å²) in [6.07, 6.45) is 2.59. The van der Waals surface area contributed by atoms with Crippen LogP contribution in [0.5, 0.6) is 5.88 Å². The molecule has 2 aromatic rings. The van der Waals surface area contributed by atoms with Crippen molar-refractivity contribution in [3.8, 4) is 5.88 Å². The summed E-state index contributed by atoms with van der Waals surface area (Å²) >= 11 is 1.55. The van der Waals surface area contributed by atoms with Gasteiger partial charge in [0.2, 0.25) is 11.8 Å². The van der Waals surface area contributed by atoms with Crippen molar-refractivity contribution in [2.75, 3.05) is 31.7 Å². The predicted octanol–water partition coefficient (Wildman–Crippen LogP) is 1.45. The van der Waals surface area contributed by atoms with Crippen LogP contribution in [0.2, 0.25) is 0 Å². The summed E-state index contributed by atoms with van der Waals surface area (Å²) in [5, 5.41) is 2.93. The first-order chi connectivity index (χ1) is 9.36. The Labute approximate surface area is 115 Å². The summed E-state index contributed by atoms with van der Waals surface area (Å²) in [6, 6.07) is 1.98. The summed E-state index contributed by atoms with van der Waals surface area (Å²) in [5.74, 6) is 6.38. The number of rotatable bonds is 5. The third-order valence-electron chi connectivity index (χ3n) is 3.26. The largest absolute Gasteiger partial charge is 0.476 e. The summed E-state index contributed by atoms with van der Waals surface area (Å²) in [6.45, 7) is 3.94. The zero-order valence-electron chi connectivity index (χ0n) is 10.6. The minimum atomic E-state index is 0.395. The fourth-order valence-electron chi connectivity index (χ4n) is 2.28. The van der Waals surface area contributed by atoms with Crippen molar-refractivity contribution in [3.05, 3.63) is 11.4 Å². The summed E-state index contributed by atoms with van der Waals surface area (Å²) < 4.78 is 5.80. The molecule has 1 aliphatic rings. The van der Waals surface area contributed by atoms with Crippen LogP contribution in [0, 0.1) is 0 Å². The van der Waals surface area contributed by atoms with Gasteiger partial charge in [-0.3, -0.25) is 10.3 Å². The molecular weight excluding hydrogens is 262 g/mol. The Balaban J connectivity index is 1.70. The number of fused-ring (bicyclic) bond motifs is 1. The molecule has 1 aliphatic heterocycles. The molecule has 3 rings (SSSR count). The van der Waals surface area contributed by atoms with Crippen LogP contribution in [0.4, 0.5) is 5.95 Å². The van der Waals surface area contributed by atoms with Gasteiger partial charge in [0.25, 0.3) is 0 Å². The van der Waals surface area contributed by atoms with Gasteiger partial charge in [-0.1, -0.05) is 0 Å². The lowest BCUT2D eigenvalue weighted by atomic mass is 10.4. The van der Waals surface area contributed by atoms with Gasteiger partial charge in [0.05, 0.1) is 5.39 Å². The van der Waals surface area contributed by atoms with E-state index in [1.165, 1.54) is 25.9 Å². The van der Waals surface area contributed by atoms with Gasteiger partial charge in [0.15, 0.2) is 0 Å². The lowest BCUT2D eigenvalue weighted by molar-refractivity contribution is 0.234. The second-order valence-corrected chi connectivity index (χ2v) is 5.43. The highest BCUT2D eigenvalue weighted by atomic mass is 32.1. The molecule has 6 nitrogen and oxygen atoms in total. The standard InChI is InChI=1S/C12H17N5OS/c13-16-12-14-10(9-3-8-19-11(9)15-12)18-7-6-17-4-1-2-5-17/h3,8H,1-2,4-7,13H2,(H,14,15,16). The number of nitrogens with two attached hydrogens (primary N) is 1. The predicted molar refractivity (Wildman–Crippen MR) is 76.4 cm³/mol. The van der Waals surface area contributed by atoms with Crippen molar-refractivity contribution in [2.45, 2.75) is 12.8 Å². The van der Waals surface area contributed by atoms with Crippen LogP contribution in [0.25, 0.3) is 10.2 Å². The number of likely N-dealkylation sites (tertiary alicyclic amines) is 1. The number of nitrogens with one attached hydrogen (secondary N) is 1. The minimum Gasteiger partial charge on any atom is -0.476 e. The van der Waals surface area contributed by atoms with E-state index in [9.17, 15) is 0 Å². The van der Waals surface area contributed by atoms with E-state index in [1.54, 1.807) is 11.3 Å². The molecule has 2 aromatic heterocycles. The Bertz CT molecular complexity index is 552. The average Bonchev–Trinajstić information content (AvgIpc) is 3.08. The molecule has 0 aromatic carbocycles. The molecule has 0 atom stereocenters. The van der Waals surface area contributed by atoms with E-state index in [1.807, 2.05) is 11.4 Å². The van der Waals surface area contributed by atoms with Crippen molar-refractivity contribution in [2.24, 2.45) is 5.84 Å². The average molecular weight is 279 g/mol. The lowest BCUT2D eigenvalue weighted by Gasteiger charge is -2.15. The monoisotopic (exact) mass is 279 g/mol. The molecule has 0 aliphatic carbocycles. The molecular formula is C12H17N5OS. The first-order valence-corrected chi connectivity index (χ1v) is 7.32. The van der Waals surface area contributed by atoms with Gasteiger partial charge in [-0.05, 0) is 37.4 Å². The van der Waals surface area contributed by atoms with E-state index < -0.39 is 0 Å². The van der Waals surface area contributed by atoms with Gasteiger partial charge in [0, 0.05) is 6.54 Å². The Morgan fingerprint density at radius 3 is 3.00 bits per heavy atom. The van der Waals surface area contributed by atoms with E-state index in [4.69, 9.17) is 10.6 Å². The van der Waals surface area contributed by atoms with Gasteiger partial charge in [-0.25, -0.2) is 10.8 Å². The highest BCUT2D eigenvalue weighted by Gasteiger charge is 2.13. The van der Waals surface area contributed by atoms with Gasteiger partial charge in [-0.15, -0.1) is 11.3 Å². The van der Waals surface area contributed by atoms with E-state index in [-0.39, 0.29) is 0 Å². The molecule has 7 heteroatoms. The molecule has 3 N–H and O–H groups in total. The number of hydrogen-bond donors (Lipinski definition) is 2. The van der Waals surface area contributed by atoms with E-state index in [0.717, 1.165) is 16.8 Å². The van der Waals surface area contributed by atoms with Crippen LogP contribution < -0.4 is 16.0 Å². The smallest absolute Gasteiger partial charge is 0.241 e. The normalized spacial score (nSPS) is 16.1. The Morgan fingerprint density at radius 2 is 2.21 bits per heavy atom. The minimum absolute atomic E-state index is 0.395. The molecule has 102 valence electrons. The third-order valence-corrected chi connectivity index (χ3v) is 4.07. The maximum atomic E-state index is 5.80.